The molecule has 0 amide bonds. The first-order valence-corrected chi connectivity index (χ1v) is 6.10. The SMILES string of the molecule is CCC(N)c1ccc(F)c(N2CCOCC2)c1. The van der Waals surface area contributed by atoms with E-state index in [4.69, 9.17) is 10.5 Å². The van der Waals surface area contributed by atoms with Gasteiger partial charge in [0.15, 0.2) is 0 Å². The average molecular weight is 238 g/mol. The van der Waals surface area contributed by atoms with Crippen molar-refractivity contribution in [3.8, 4) is 0 Å². The van der Waals surface area contributed by atoms with Gasteiger partial charge in [-0.25, -0.2) is 4.39 Å². The molecule has 1 aliphatic heterocycles. The van der Waals surface area contributed by atoms with E-state index < -0.39 is 0 Å². The highest BCUT2D eigenvalue weighted by Crippen LogP contribution is 2.25. The molecule has 2 rings (SSSR count). The summed E-state index contributed by atoms with van der Waals surface area (Å²) in [5, 5.41) is 0. The maximum Gasteiger partial charge on any atom is 0.146 e. The zero-order valence-corrected chi connectivity index (χ0v) is 10.2. The predicted molar refractivity (Wildman–Crippen MR) is 66.7 cm³/mol. The molecule has 1 saturated heterocycles. The predicted octanol–water partition coefficient (Wildman–Crippen LogP) is 2.07. The molecule has 94 valence electrons. The minimum Gasteiger partial charge on any atom is -0.378 e. The van der Waals surface area contributed by atoms with Gasteiger partial charge in [0.05, 0.1) is 18.9 Å². The van der Waals surface area contributed by atoms with Crippen LogP contribution >= 0.6 is 0 Å². The van der Waals surface area contributed by atoms with Gasteiger partial charge < -0.3 is 15.4 Å². The largest absolute Gasteiger partial charge is 0.378 e. The quantitative estimate of drug-likeness (QED) is 0.876. The summed E-state index contributed by atoms with van der Waals surface area (Å²) in [6, 6.07) is 5.13. The van der Waals surface area contributed by atoms with Gasteiger partial charge in [0.1, 0.15) is 5.82 Å². The maximum atomic E-state index is 13.8. The third kappa shape index (κ3) is 2.76. The first kappa shape index (κ1) is 12.3. The van der Waals surface area contributed by atoms with Crippen molar-refractivity contribution in [2.24, 2.45) is 5.73 Å². The molecule has 1 fully saturated rings. The van der Waals surface area contributed by atoms with Crippen molar-refractivity contribution >= 4 is 5.69 Å². The molecule has 0 spiro atoms. The number of hydrogen-bond donors (Lipinski definition) is 1. The summed E-state index contributed by atoms with van der Waals surface area (Å²) in [6.07, 6.45) is 0.855. The van der Waals surface area contributed by atoms with E-state index in [1.807, 2.05) is 17.9 Å². The lowest BCUT2D eigenvalue weighted by Gasteiger charge is -2.29. The van der Waals surface area contributed by atoms with Gasteiger partial charge in [0.25, 0.3) is 0 Å². The van der Waals surface area contributed by atoms with Gasteiger partial charge in [0.2, 0.25) is 0 Å². The maximum absolute atomic E-state index is 13.8. The Morgan fingerprint density at radius 2 is 2.12 bits per heavy atom. The molecule has 1 atom stereocenters. The molecule has 0 aliphatic carbocycles. The van der Waals surface area contributed by atoms with Gasteiger partial charge in [-0.05, 0) is 24.1 Å². The summed E-state index contributed by atoms with van der Waals surface area (Å²) in [5.74, 6) is -0.182. The smallest absolute Gasteiger partial charge is 0.146 e. The summed E-state index contributed by atoms with van der Waals surface area (Å²) < 4.78 is 19.1. The van der Waals surface area contributed by atoms with E-state index in [0.717, 1.165) is 25.1 Å². The van der Waals surface area contributed by atoms with Gasteiger partial charge in [-0.15, -0.1) is 0 Å². The lowest BCUT2D eigenvalue weighted by atomic mass is 10.0. The zero-order chi connectivity index (χ0) is 12.3. The highest BCUT2D eigenvalue weighted by molar-refractivity contribution is 5.51. The molecular weight excluding hydrogens is 219 g/mol. The lowest BCUT2D eigenvalue weighted by molar-refractivity contribution is 0.122. The Kier molecular flexibility index (Phi) is 3.97. The molecule has 4 heteroatoms. The topological polar surface area (TPSA) is 38.5 Å². The standard InChI is InChI=1S/C13H19FN2O/c1-2-12(15)10-3-4-11(14)13(9-10)16-5-7-17-8-6-16/h3-4,9,12H,2,5-8,15H2,1H3. The first-order valence-electron chi connectivity index (χ1n) is 6.10. The number of rotatable bonds is 3. The highest BCUT2D eigenvalue weighted by atomic mass is 19.1. The van der Waals surface area contributed by atoms with Crippen molar-refractivity contribution in [2.45, 2.75) is 19.4 Å². The normalized spacial score (nSPS) is 18.2. The number of halogens is 1. The van der Waals surface area contributed by atoms with Gasteiger partial charge in [-0.2, -0.15) is 0 Å². The molecule has 0 bridgehead atoms. The van der Waals surface area contributed by atoms with Crippen LogP contribution < -0.4 is 10.6 Å². The van der Waals surface area contributed by atoms with Crippen molar-refractivity contribution < 1.29 is 9.13 Å². The van der Waals surface area contributed by atoms with Crippen LogP contribution in [0, 0.1) is 5.82 Å². The molecule has 0 saturated carbocycles. The fourth-order valence-electron chi connectivity index (χ4n) is 2.04. The molecular formula is C13H19FN2O. The second-order valence-corrected chi connectivity index (χ2v) is 4.33. The lowest BCUT2D eigenvalue weighted by Crippen LogP contribution is -2.36. The van der Waals surface area contributed by atoms with Crippen molar-refractivity contribution in [1.29, 1.82) is 0 Å². The Morgan fingerprint density at radius 1 is 1.41 bits per heavy atom. The molecule has 1 heterocycles. The molecule has 3 nitrogen and oxygen atoms in total. The van der Waals surface area contributed by atoms with Crippen molar-refractivity contribution in [2.75, 3.05) is 31.2 Å². The van der Waals surface area contributed by atoms with E-state index in [1.54, 1.807) is 6.07 Å². The molecule has 1 aromatic carbocycles. The van der Waals surface area contributed by atoms with Crippen LogP contribution in [0.3, 0.4) is 0 Å². The average Bonchev–Trinajstić information content (AvgIpc) is 2.39. The van der Waals surface area contributed by atoms with E-state index in [0.29, 0.717) is 18.9 Å². The van der Waals surface area contributed by atoms with E-state index in [1.165, 1.54) is 6.07 Å². The number of hydrogen-bond acceptors (Lipinski definition) is 3. The Labute approximate surface area is 101 Å². The van der Waals surface area contributed by atoms with Crippen LogP contribution in [0.25, 0.3) is 0 Å². The summed E-state index contributed by atoms with van der Waals surface area (Å²) in [7, 11) is 0. The van der Waals surface area contributed by atoms with Crippen molar-refractivity contribution in [1.82, 2.24) is 0 Å². The molecule has 0 aromatic heterocycles. The van der Waals surface area contributed by atoms with E-state index in [9.17, 15) is 4.39 Å². The number of nitrogens with two attached hydrogens (primary N) is 1. The summed E-state index contributed by atoms with van der Waals surface area (Å²) in [5.41, 5.74) is 7.62. The van der Waals surface area contributed by atoms with E-state index >= 15 is 0 Å². The fourth-order valence-corrected chi connectivity index (χ4v) is 2.04. The van der Waals surface area contributed by atoms with Gasteiger partial charge in [0, 0.05) is 19.1 Å². The van der Waals surface area contributed by atoms with Crippen LogP contribution in [0.4, 0.5) is 10.1 Å². The Morgan fingerprint density at radius 3 is 2.76 bits per heavy atom. The van der Waals surface area contributed by atoms with Gasteiger partial charge >= 0.3 is 0 Å². The third-order valence-electron chi connectivity index (χ3n) is 3.19. The summed E-state index contributed by atoms with van der Waals surface area (Å²) in [4.78, 5) is 2.02. The van der Waals surface area contributed by atoms with Crippen molar-refractivity contribution in [3.05, 3.63) is 29.6 Å². The Hall–Kier alpha value is -1.13. The minimum absolute atomic E-state index is 0.0182. The van der Waals surface area contributed by atoms with Crippen molar-refractivity contribution in [3.63, 3.8) is 0 Å². The first-order chi connectivity index (χ1) is 8.22. The Bertz CT molecular complexity index is 378. The summed E-state index contributed by atoms with van der Waals surface area (Å²) >= 11 is 0. The molecule has 1 unspecified atom stereocenters. The highest BCUT2D eigenvalue weighted by Gasteiger charge is 2.16. The number of ether oxygens (including phenoxy) is 1. The second-order valence-electron chi connectivity index (χ2n) is 4.33. The van der Waals surface area contributed by atoms with Crippen LogP contribution in [0.2, 0.25) is 0 Å². The fraction of sp³-hybridized carbons (Fsp3) is 0.538. The zero-order valence-electron chi connectivity index (χ0n) is 10.2. The monoisotopic (exact) mass is 238 g/mol. The summed E-state index contributed by atoms with van der Waals surface area (Å²) in [6.45, 7) is 4.82. The minimum atomic E-state index is -0.182. The number of benzene rings is 1. The molecule has 2 N–H and O–H groups in total. The van der Waals surface area contributed by atoms with Crippen LogP contribution in [-0.4, -0.2) is 26.3 Å². The van der Waals surface area contributed by atoms with Gasteiger partial charge in [-0.1, -0.05) is 13.0 Å². The molecule has 1 aliphatic rings. The number of nitrogens with zero attached hydrogens (tertiary/aromatic N) is 1. The number of anilines is 1. The van der Waals surface area contributed by atoms with Crippen LogP contribution in [0.5, 0.6) is 0 Å². The van der Waals surface area contributed by atoms with E-state index in [-0.39, 0.29) is 11.9 Å². The van der Waals surface area contributed by atoms with Crippen LogP contribution in [0.1, 0.15) is 24.9 Å². The van der Waals surface area contributed by atoms with Crippen LogP contribution in [-0.2, 0) is 4.74 Å². The molecule has 17 heavy (non-hydrogen) atoms. The third-order valence-corrected chi connectivity index (χ3v) is 3.19. The van der Waals surface area contributed by atoms with E-state index in [2.05, 4.69) is 0 Å². The Balaban J connectivity index is 2.25. The second kappa shape index (κ2) is 5.47. The van der Waals surface area contributed by atoms with Crippen LogP contribution in [0.15, 0.2) is 18.2 Å². The van der Waals surface area contributed by atoms with Gasteiger partial charge in [-0.3, -0.25) is 0 Å². The number of morpholine rings is 1. The molecule has 1 aromatic rings. The molecule has 0 radical (unpaired) electrons.